The molecule has 0 N–H and O–H groups in total. The molecular formula is C11H18N2OS. The molecule has 0 spiro atoms. The molecule has 1 rings (SSSR count). The summed E-state index contributed by atoms with van der Waals surface area (Å²) < 4.78 is 15.9. The Balaban J connectivity index is 3.09. The van der Waals surface area contributed by atoms with E-state index in [1.807, 2.05) is 38.4 Å². The van der Waals surface area contributed by atoms with E-state index < -0.39 is 9.73 Å². The third kappa shape index (κ3) is 3.32. The van der Waals surface area contributed by atoms with Gasteiger partial charge in [-0.15, -0.1) is 0 Å². The normalized spacial score (nSPS) is 15.0. The van der Waals surface area contributed by atoms with Gasteiger partial charge < -0.3 is 4.90 Å². The highest BCUT2D eigenvalue weighted by Gasteiger charge is 2.05. The van der Waals surface area contributed by atoms with Crippen LogP contribution >= 0.6 is 0 Å². The molecule has 0 bridgehead atoms. The Kier molecular flexibility index (Phi) is 3.88. The molecule has 4 heteroatoms. The van der Waals surface area contributed by atoms with Gasteiger partial charge in [0.25, 0.3) is 0 Å². The van der Waals surface area contributed by atoms with Crippen molar-refractivity contribution in [1.82, 2.24) is 4.90 Å². The predicted octanol–water partition coefficient (Wildman–Crippen LogP) is 1.83. The lowest BCUT2D eigenvalue weighted by Gasteiger charge is -2.11. The Morgan fingerprint density at radius 3 is 2.60 bits per heavy atom. The van der Waals surface area contributed by atoms with Gasteiger partial charge in [-0.25, -0.2) is 8.57 Å². The van der Waals surface area contributed by atoms with Crippen molar-refractivity contribution in [3.8, 4) is 0 Å². The molecule has 3 nitrogen and oxygen atoms in total. The van der Waals surface area contributed by atoms with Crippen molar-refractivity contribution >= 4 is 9.73 Å². The first-order chi connectivity index (χ1) is 6.95. The quantitative estimate of drug-likeness (QED) is 0.787. The first kappa shape index (κ1) is 12.2. The number of hydrogen-bond acceptors (Lipinski definition) is 3. The van der Waals surface area contributed by atoms with Crippen LogP contribution in [-0.2, 0) is 16.3 Å². The Hall–Kier alpha value is -0.870. The zero-order chi connectivity index (χ0) is 11.5. The minimum Gasteiger partial charge on any atom is -0.305 e. The maximum atomic E-state index is 12.0. The summed E-state index contributed by atoms with van der Waals surface area (Å²) in [5, 5.41) is 0. The molecule has 84 valence electrons. The summed E-state index contributed by atoms with van der Waals surface area (Å²) in [7, 11) is 3.43. The number of benzene rings is 1. The molecule has 0 aliphatic heterocycles. The molecule has 0 heterocycles. The van der Waals surface area contributed by atoms with E-state index in [2.05, 4.69) is 9.26 Å². The van der Waals surface area contributed by atoms with E-state index in [1.54, 1.807) is 13.3 Å². The molecule has 1 aromatic carbocycles. The molecule has 1 aromatic rings. The molecule has 0 aliphatic rings. The van der Waals surface area contributed by atoms with Gasteiger partial charge in [-0.3, -0.25) is 0 Å². The van der Waals surface area contributed by atoms with Crippen LogP contribution in [0, 0.1) is 0 Å². The van der Waals surface area contributed by atoms with Gasteiger partial charge in [0, 0.05) is 24.7 Å². The topological polar surface area (TPSA) is 32.7 Å². The van der Waals surface area contributed by atoms with Crippen LogP contribution in [-0.4, -0.2) is 36.5 Å². The second kappa shape index (κ2) is 4.77. The molecule has 0 saturated heterocycles. The Labute approximate surface area is 92.3 Å². The lowest BCUT2D eigenvalue weighted by Crippen LogP contribution is -2.11. The van der Waals surface area contributed by atoms with Gasteiger partial charge in [0.1, 0.15) is 0 Å². The first-order valence-electron chi connectivity index (χ1n) is 4.79. The average Bonchev–Trinajstić information content (AvgIpc) is 2.17. The lowest BCUT2D eigenvalue weighted by molar-refractivity contribution is 0.402. The van der Waals surface area contributed by atoms with Gasteiger partial charge in [-0.2, -0.15) is 0 Å². The van der Waals surface area contributed by atoms with E-state index in [0.29, 0.717) is 0 Å². The van der Waals surface area contributed by atoms with Crippen LogP contribution in [0.5, 0.6) is 0 Å². The molecule has 0 aromatic heterocycles. The fourth-order valence-electron chi connectivity index (χ4n) is 1.35. The van der Waals surface area contributed by atoms with Crippen molar-refractivity contribution in [2.75, 3.05) is 27.4 Å². The maximum absolute atomic E-state index is 12.0. The Morgan fingerprint density at radius 2 is 2.07 bits per heavy atom. The van der Waals surface area contributed by atoms with Crippen molar-refractivity contribution < 1.29 is 4.21 Å². The zero-order valence-electron chi connectivity index (χ0n) is 9.73. The van der Waals surface area contributed by atoms with E-state index in [4.69, 9.17) is 0 Å². The fraction of sp³-hybridized carbons (Fsp3) is 0.455. The number of hydrogen-bond donors (Lipinski definition) is 0. The summed E-state index contributed by atoms with van der Waals surface area (Å²) in [5.74, 6) is 0. The van der Waals surface area contributed by atoms with E-state index in [9.17, 15) is 4.21 Å². The fourth-order valence-corrected chi connectivity index (χ4v) is 2.26. The van der Waals surface area contributed by atoms with Gasteiger partial charge in [0.05, 0.1) is 9.73 Å². The molecular weight excluding hydrogens is 208 g/mol. The number of nitrogens with zero attached hydrogens (tertiary/aromatic N) is 2. The SMILES string of the molecule is CN=S(C)(=O)c1cccc(CN(C)C)c1. The average molecular weight is 226 g/mol. The van der Waals surface area contributed by atoms with Crippen LogP contribution in [0.2, 0.25) is 0 Å². The summed E-state index contributed by atoms with van der Waals surface area (Å²) in [6.07, 6.45) is 1.67. The van der Waals surface area contributed by atoms with Crippen molar-refractivity contribution in [1.29, 1.82) is 0 Å². The van der Waals surface area contributed by atoms with Crippen molar-refractivity contribution in [2.45, 2.75) is 11.4 Å². The summed E-state index contributed by atoms with van der Waals surface area (Å²) in [5.41, 5.74) is 1.16. The van der Waals surface area contributed by atoms with Gasteiger partial charge in [0.2, 0.25) is 0 Å². The van der Waals surface area contributed by atoms with Gasteiger partial charge >= 0.3 is 0 Å². The summed E-state index contributed by atoms with van der Waals surface area (Å²) in [6, 6.07) is 7.81. The molecule has 0 amide bonds. The monoisotopic (exact) mass is 226 g/mol. The highest BCUT2D eigenvalue weighted by atomic mass is 32.2. The van der Waals surface area contributed by atoms with E-state index >= 15 is 0 Å². The summed E-state index contributed by atoms with van der Waals surface area (Å²) in [4.78, 5) is 2.89. The van der Waals surface area contributed by atoms with Gasteiger partial charge in [-0.1, -0.05) is 12.1 Å². The Morgan fingerprint density at radius 1 is 1.40 bits per heavy atom. The van der Waals surface area contributed by atoms with E-state index in [-0.39, 0.29) is 0 Å². The van der Waals surface area contributed by atoms with Crippen LogP contribution < -0.4 is 0 Å². The van der Waals surface area contributed by atoms with E-state index in [1.165, 1.54) is 0 Å². The van der Waals surface area contributed by atoms with Gasteiger partial charge in [0.15, 0.2) is 0 Å². The second-order valence-electron chi connectivity index (χ2n) is 3.87. The first-order valence-corrected chi connectivity index (χ1v) is 6.72. The largest absolute Gasteiger partial charge is 0.305 e. The Bertz CT molecular complexity index is 446. The summed E-state index contributed by atoms with van der Waals surface area (Å²) in [6.45, 7) is 0.854. The number of rotatable bonds is 3. The van der Waals surface area contributed by atoms with Crippen molar-refractivity contribution in [3.05, 3.63) is 29.8 Å². The van der Waals surface area contributed by atoms with Crippen LogP contribution in [0.15, 0.2) is 33.5 Å². The molecule has 0 aliphatic carbocycles. The standard InChI is InChI=1S/C11H18N2OS/c1-12-15(4,14)11-7-5-6-10(8-11)9-13(2)3/h5-8H,9H2,1-4H3. The van der Waals surface area contributed by atoms with Gasteiger partial charge in [-0.05, 0) is 31.8 Å². The zero-order valence-corrected chi connectivity index (χ0v) is 10.5. The predicted molar refractivity (Wildman–Crippen MR) is 64.5 cm³/mol. The molecule has 1 atom stereocenters. The van der Waals surface area contributed by atoms with Crippen LogP contribution in [0.1, 0.15) is 5.56 Å². The minimum atomic E-state index is -2.20. The van der Waals surface area contributed by atoms with Crippen molar-refractivity contribution in [2.24, 2.45) is 4.36 Å². The molecule has 15 heavy (non-hydrogen) atoms. The maximum Gasteiger partial charge on any atom is 0.0720 e. The van der Waals surface area contributed by atoms with Crippen LogP contribution in [0.25, 0.3) is 0 Å². The van der Waals surface area contributed by atoms with Crippen LogP contribution in [0.3, 0.4) is 0 Å². The highest BCUT2D eigenvalue weighted by molar-refractivity contribution is 7.93. The smallest absolute Gasteiger partial charge is 0.0720 e. The third-order valence-corrected chi connectivity index (χ3v) is 4.01. The third-order valence-electron chi connectivity index (χ3n) is 2.18. The van der Waals surface area contributed by atoms with Crippen LogP contribution in [0.4, 0.5) is 0 Å². The minimum absolute atomic E-state index is 0.810. The lowest BCUT2D eigenvalue weighted by atomic mass is 10.2. The molecule has 0 radical (unpaired) electrons. The van der Waals surface area contributed by atoms with Crippen molar-refractivity contribution in [3.63, 3.8) is 0 Å². The van der Waals surface area contributed by atoms with E-state index in [0.717, 1.165) is 17.0 Å². The molecule has 0 saturated carbocycles. The molecule has 0 fully saturated rings. The summed E-state index contributed by atoms with van der Waals surface area (Å²) >= 11 is 0. The second-order valence-corrected chi connectivity index (χ2v) is 6.31. The highest BCUT2D eigenvalue weighted by Crippen LogP contribution is 2.14. The molecule has 1 unspecified atom stereocenters.